The summed E-state index contributed by atoms with van der Waals surface area (Å²) >= 11 is 5.62. The lowest BCUT2D eigenvalue weighted by Crippen LogP contribution is -2.24. The minimum absolute atomic E-state index is 0.217. The van der Waals surface area contributed by atoms with Crippen molar-refractivity contribution in [3.05, 3.63) is 33.8 Å². The van der Waals surface area contributed by atoms with Crippen LogP contribution in [0, 0.1) is 0 Å². The summed E-state index contributed by atoms with van der Waals surface area (Å²) in [6, 6.07) is 1.79. The van der Waals surface area contributed by atoms with Gasteiger partial charge in [-0.05, 0) is 23.6 Å². The van der Waals surface area contributed by atoms with E-state index in [2.05, 4.69) is 4.99 Å². The topological polar surface area (TPSA) is 81.5 Å². The van der Waals surface area contributed by atoms with Crippen molar-refractivity contribution in [2.24, 2.45) is 16.5 Å². The maximum absolute atomic E-state index is 12.8. The van der Waals surface area contributed by atoms with Crippen LogP contribution in [0.2, 0.25) is 5.02 Å². The molecule has 110 valence electrons. The Labute approximate surface area is 118 Å². The smallest absolute Gasteiger partial charge is 0.370 e. The van der Waals surface area contributed by atoms with Gasteiger partial charge in [0.2, 0.25) is 0 Å². The molecule has 8 heteroatoms. The first-order valence-electron chi connectivity index (χ1n) is 5.58. The number of aliphatic imine (C=N–C) groups is 1. The van der Waals surface area contributed by atoms with Crippen molar-refractivity contribution in [1.29, 1.82) is 0 Å². The number of guanidine groups is 1. The molecule has 0 bridgehead atoms. The van der Waals surface area contributed by atoms with Gasteiger partial charge in [0.1, 0.15) is 0 Å². The molecule has 4 nitrogen and oxygen atoms in total. The highest BCUT2D eigenvalue weighted by molar-refractivity contribution is 6.31. The Balaban J connectivity index is 3.54. The van der Waals surface area contributed by atoms with Crippen LogP contribution in [-0.2, 0) is 6.18 Å². The van der Waals surface area contributed by atoms with Gasteiger partial charge in [-0.1, -0.05) is 25.4 Å². The highest BCUT2D eigenvalue weighted by Gasteiger charge is 2.35. The maximum atomic E-state index is 12.8. The molecule has 1 amide bonds. The molecule has 0 aliphatic carbocycles. The number of amides is 1. The zero-order valence-corrected chi connectivity index (χ0v) is 11.5. The van der Waals surface area contributed by atoms with Gasteiger partial charge >= 0.3 is 6.18 Å². The lowest BCUT2D eigenvalue weighted by molar-refractivity contribution is -0.137. The fraction of sp³-hybridized carbons (Fsp3) is 0.333. The Morgan fingerprint density at radius 1 is 1.30 bits per heavy atom. The normalized spacial score (nSPS) is 11.6. The summed E-state index contributed by atoms with van der Waals surface area (Å²) in [6.45, 7) is 3.43. The van der Waals surface area contributed by atoms with Crippen LogP contribution in [0.1, 0.15) is 41.3 Å². The lowest BCUT2D eigenvalue weighted by Gasteiger charge is -2.15. The van der Waals surface area contributed by atoms with E-state index in [-0.39, 0.29) is 11.5 Å². The van der Waals surface area contributed by atoms with Gasteiger partial charge in [0.05, 0.1) is 10.6 Å². The average Bonchev–Trinajstić information content (AvgIpc) is 2.25. The number of benzene rings is 1. The number of halogens is 4. The number of hydrogen-bond donors (Lipinski definition) is 2. The first kappa shape index (κ1) is 16.3. The van der Waals surface area contributed by atoms with Crippen LogP contribution in [0.25, 0.3) is 0 Å². The van der Waals surface area contributed by atoms with Gasteiger partial charge in [-0.15, -0.1) is 0 Å². The van der Waals surface area contributed by atoms with Crippen molar-refractivity contribution in [3.63, 3.8) is 0 Å². The van der Waals surface area contributed by atoms with E-state index >= 15 is 0 Å². The van der Waals surface area contributed by atoms with Crippen molar-refractivity contribution in [2.45, 2.75) is 25.9 Å². The molecule has 0 heterocycles. The molecule has 0 radical (unpaired) electrons. The van der Waals surface area contributed by atoms with E-state index in [1.54, 1.807) is 13.8 Å². The van der Waals surface area contributed by atoms with Gasteiger partial charge in [0.25, 0.3) is 5.91 Å². The second kappa shape index (κ2) is 5.70. The van der Waals surface area contributed by atoms with Gasteiger partial charge in [-0.25, -0.2) is 0 Å². The minimum atomic E-state index is -4.67. The SMILES string of the molecule is CC(C)c1cc(Cl)c(C(F)(F)F)cc1C(=O)N=C(N)N. The number of carbonyl (C=O) groups is 1. The summed E-state index contributed by atoms with van der Waals surface area (Å²) < 4.78 is 38.4. The van der Waals surface area contributed by atoms with E-state index < -0.39 is 28.6 Å². The molecule has 1 aromatic rings. The average molecular weight is 308 g/mol. The fourth-order valence-electron chi connectivity index (χ4n) is 1.65. The Kier molecular flexibility index (Phi) is 4.65. The molecular weight excluding hydrogens is 295 g/mol. The highest BCUT2D eigenvalue weighted by atomic mass is 35.5. The second-order valence-corrected chi connectivity index (χ2v) is 4.82. The number of nitrogens with zero attached hydrogens (tertiary/aromatic N) is 1. The van der Waals surface area contributed by atoms with Crippen LogP contribution in [0.5, 0.6) is 0 Å². The molecule has 0 saturated heterocycles. The van der Waals surface area contributed by atoms with Crippen LogP contribution in [0.15, 0.2) is 17.1 Å². The van der Waals surface area contributed by atoms with Crippen LogP contribution >= 0.6 is 11.6 Å². The standard InChI is InChI=1S/C12H13ClF3N3O/c1-5(2)6-4-9(13)8(12(14,15)16)3-7(6)10(20)19-11(17)18/h3-5H,1-2H3,(H4,17,18,19,20). The van der Waals surface area contributed by atoms with Crippen molar-refractivity contribution in [2.75, 3.05) is 0 Å². The summed E-state index contributed by atoms with van der Waals surface area (Å²) in [5.41, 5.74) is 9.17. The highest BCUT2D eigenvalue weighted by Crippen LogP contribution is 2.37. The third-order valence-corrected chi connectivity index (χ3v) is 2.84. The number of hydrogen-bond acceptors (Lipinski definition) is 1. The quantitative estimate of drug-likeness (QED) is 0.651. The fourth-order valence-corrected chi connectivity index (χ4v) is 1.93. The monoisotopic (exact) mass is 307 g/mol. The van der Waals surface area contributed by atoms with E-state index in [4.69, 9.17) is 23.1 Å². The van der Waals surface area contributed by atoms with Gasteiger partial charge in [0, 0.05) is 5.56 Å². The lowest BCUT2D eigenvalue weighted by atomic mass is 9.94. The first-order chi connectivity index (χ1) is 9.04. The van der Waals surface area contributed by atoms with Crippen LogP contribution in [0.3, 0.4) is 0 Å². The van der Waals surface area contributed by atoms with Crippen molar-refractivity contribution in [3.8, 4) is 0 Å². The molecule has 0 spiro atoms. The molecule has 4 N–H and O–H groups in total. The van der Waals surface area contributed by atoms with E-state index in [0.717, 1.165) is 6.07 Å². The molecule has 20 heavy (non-hydrogen) atoms. The van der Waals surface area contributed by atoms with E-state index in [1.807, 2.05) is 0 Å². The minimum Gasteiger partial charge on any atom is -0.370 e. The Morgan fingerprint density at radius 2 is 1.85 bits per heavy atom. The van der Waals surface area contributed by atoms with E-state index in [9.17, 15) is 18.0 Å². The molecule has 0 saturated carbocycles. The summed E-state index contributed by atoms with van der Waals surface area (Å²) in [7, 11) is 0. The third kappa shape index (κ3) is 3.63. The zero-order valence-electron chi connectivity index (χ0n) is 10.8. The van der Waals surface area contributed by atoms with Gasteiger partial charge in [-0.3, -0.25) is 4.79 Å². The molecule has 0 aromatic heterocycles. The van der Waals surface area contributed by atoms with Crippen LogP contribution in [-0.4, -0.2) is 11.9 Å². The summed E-state index contributed by atoms with van der Waals surface area (Å²) in [5, 5.41) is -0.470. The van der Waals surface area contributed by atoms with Crippen molar-refractivity contribution < 1.29 is 18.0 Å². The number of nitrogens with two attached hydrogens (primary N) is 2. The Morgan fingerprint density at radius 3 is 2.25 bits per heavy atom. The van der Waals surface area contributed by atoms with Crippen molar-refractivity contribution >= 4 is 23.5 Å². The third-order valence-electron chi connectivity index (χ3n) is 2.53. The molecule has 1 aromatic carbocycles. The van der Waals surface area contributed by atoms with E-state index in [0.29, 0.717) is 11.6 Å². The van der Waals surface area contributed by atoms with Crippen LogP contribution < -0.4 is 11.5 Å². The number of alkyl halides is 3. The second-order valence-electron chi connectivity index (χ2n) is 4.41. The molecular formula is C12H13ClF3N3O. The number of rotatable bonds is 2. The predicted molar refractivity (Wildman–Crippen MR) is 70.7 cm³/mol. The van der Waals surface area contributed by atoms with E-state index in [1.165, 1.54) is 0 Å². The molecule has 0 aliphatic rings. The summed E-state index contributed by atoms with van der Waals surface area (Å²) in [6.07, 6.45) is -4.67. The molecule has 0 aliphatic heterocycles. The Hall–Kier alpha value is -1.76. The largest absolute Gasteiger partial charge is 0.417 e. The molecule has 0 unspecified atom stereocenters. The molecule has 1 rings (SSSR count). The summed E-state index contributed by atoms with van der Waals surface area (Å²) in [4.78, 5) is 15.1. The zero-order chi connectivity index (χ0) is 15.7. The molecule has 0 fully saturated rings. The van der Waals surface area contributed by atoms with Crippen LogP contribution in [0.4, 0.5) is 13.2 Å². The number of carbonyl (C=O) groups excluding carboxylic acids is 1. The van der Waals surface area contributed by atoms with Crippen molar-refractivity contribution in [1.82, 2.24) is 0 Å². The van der Waals surface area contributed by atoms with Gasteiger partial charge in [-0.2, -0.15) is 18.2 Å². The van der Waals surface area contributed by atoms with Gasteiger partial charge in [0.15, 0.2) is 5.96 Å². The maximum Gasteiger partial charge on any atom is 0.417 e. The Bertz CT molecular complexity index is 564. The van der Waals surface area contributed by atoms with Gasteiger partial charge < -0.3 is 11.5 Å². The summed E-state index contributed by atoms with van der Waals surface area (Å²) in [5.74, 6) is -1.67. The predicted octanol–water partition coefficient (Wildman–Crippen LogP) is 2.90. The molecule has 0 atom stereocenters. The first-order valence-corrected chi connectivity index (χ1v) is 5.96.